The van der Waals surface area contributed by atoms with E-state index in [1.54, 1.807) is 0 Å². The van der Waals surface area contributed by atoms with E-state index in [1.165, 1.54) is 98.6 Å². The summed E-state index contributed by atoms with van der Waals surface area (Å²) in [5.41, 5.74) is 33.1. The van der Waals surface area contributed by atoms with Crippen LogP contribution in [0, 0.1) is 0 Å². The topological polar surface area (TPSA) is 21.3 Å². The highest BCUT2D eigenvalue weighted by molar-refractivity contribution is 7.00. The van der Waals surface area contributed by atoms with Crippen molar-refractivity contribution in [1.82, 2.24) is 13.7 Å². The lowest BCUT2D eigenvalue weighted by molar-refractivity contribution is 0.590. The fourth-order valence-corrected chi connectivity index (χ4v) is 17.9. The van der Waals surface area contributed by atoms with Crippen molar-refractivity contribution in [2.45, 2.75) is 78.6 Å². The number of hydrogen-bond acceptors (Lipinski definition) is 2. The van der Waals surface area contributed by atoms with Crippen LogP contribution in [0.25, 0.3) is 127 Å². The molecule has 0 saturated heterocycles. The van der Waals surface area contributed by atoms with E-state index in [0.717, 1.165) is 95.6 Å². The summed E-state index contributed by atoms with van der Waals surface area (Å²) >= 11 is 0. The molecule has 20 rings (SSSR count). The fourth-order valence-electron chi connectivity index (χ4n) is 17.9. The molecule has 0 N–H and O–H groups in total. The summed E-state index contributed by atoms with van der Waals surface area (Å²) < 4.78 is 7.62. The van der Waals surface area contributed by atoms with E-state index in [1.807, 2.05) is 0 Å². The number of para-hydroxylation sites is 5. The van der Waals surface area contributed by atoms with Crippen molar-refractivity contribution in [2.75, 3.05) is 9.80 Å². The fraction of sp³-hybridized carbons (Fsp3) is 0.118. The van der Waals surface area contributed by atoms with Gasteiger partial charge in [0.15, 0.2) is 0 Å². The van der Waals surface area contributed by atoms with Gasteiger partial charge in [-0.15, -0.1) is 0 Å². The summed E-state index contributed by atoms with van der Waals surface area (Å²) in [4.78, 5) is 5.49. The van der Waals surface area contributed by atoms with Gasteiger partial charge in [0.25, 0.3) is 6.71 Å². The Hall–Kier alpha value is -12.6. The zero-order valence-electron chi connectivity index (χ0n) is 62.6. The molecule has 6 heteroatoms. The summed E-state index contributed by atoms with van der Waals surface area (Å²) in [5, 5.41) is 7.29. The van der Waals surface area contributed by atoms with Gasteiger partial charge in [-0.05, 0) is 169 Å². The lowest BCUT2D eigenvalue weighted by Gasteiger charge is -2.47. The molecule has 0 fully saturated rings. The largest absolute Gasteiger partial charge is 0.310 e. The second kappa shape index (κ2) is 24.5. The number of nitrogens with zero attached hydrogens (tertiary/aromatic N) is 5. The molecule has 0 spiro atoms. The van der Waals surface area contributed by atoms with E-state index in [2.05, 4.69) is 419 Å². The van der Waals surface area contributed by atoms with Gasteiger partial charge in [-0.25, -0.2) is 0 Å². The van der Waals surface area contributed by atoms with Crippen molar-refractivity contribution < 1.29 is 0 Å². The highest BCUT2D eigenvalue weighted by Gasteiger charge is 2.47. The average Bonchev–Trinajstić information content (AvgIpc) is 1.03. The van der Waals surface area contributed by atoms with Gasteiger partial charge in [0.2, 0.25) is 0 Å². The molecule has 2 aliphatic rings. The molecular formula is C102H82BN5. The molecule has 5 nitrogen and oxygen atoms in total. The summed E-state index contributed by atoms with van der Waals surface area (Å²) in [6.45, 7) is 21.1. The third kappa shape index (κ3) is 10.1. The molecule has 0 aliphatic carbocycles. The SMILES string of the molecule is CC(C)(C)c1cc(-c2ccccc2)c(N2c3cc(-n4c5ccccc5c5ccccc54)ccc3B3c4ccc(-n5c6ccccc6c6ccc7c8ccccc8n(-c8ccccc8)c7c65)cc4N(c4c(-c5ccccc5)cc(C(C)(C)C)cc4-c4ccccc4)c4cc(C(C)(C)C)cc2c43)c(-c2ccccc2)c1. The Balaban J connectivity index is 0.980. The molecule has 518 valence electrons. The molecule has 0 amide bonds. The van der Waals surface area contributed by atoms with Crippen LogP contribution in [0.3, 0.4) is 0 Å². The van der Waals surface area contributed by atoms with Gasteiger partial charge in [0.1, 0.15) is 0 Å². The molecule has 108 heavy (non-hydrogen) atoms. The molecule has 0 atom stereocenters. The van der Waals surface area contributed by atoms with Crippen LogP contribution >= 0.6 is 0 Å². The molecule has 0 unspecified atom stereocenters. The van der Waals surface area contributed by atoms with E-state index < -0.39 is 0 Å². The molecule has 0 bridgehead atoms. The third-order valence-electron chi connectivity index (χ3n) is 23.2. The Labute approximate surface area is 632 Å². The quantitative estimate of drug-likeness (QED) is 0.134. The summed E-state index contributed by atoms with van der Waals surface area (Å²) in [6.07, 6.45) is 0. The lowest BCUT2D eigenvalue weighted by atomic mass is 9.33. The van der Waals surface area contributed by atoms with Crippen molar-refractivity contribution in [2.24, 2.45) is 0 Å². The van der Waals surface area contributed by atoms with Gasteiger partial charge in [0.05, 0.1) is 44.5 Å². The maximum atomic E-state index is 2.75. The van der Waals surface area contributed by atoms with Crippen molar-refractivity contribution in [3.63, 3.8) is 0 Å². The van der Waals surface area contributed by atoms with Crippen molar-refractivity contribution in [3.8, 4) is 61.6 Å². The summed E-state index contributed by atoms with van der Waals surface area (Å²) in [5.74, 6) is 0. The number of benzene rings is 15. The maximum Gasteiger partial charge on any atom is 0.252 e. The minimum atomic E-state index is -0.349. The van der Waals surface area contributed by atoms with Crippen molar-refractivity contribution in [3.05, 3.63) is 350 Å². The number of aromatic nitrogens is 3. The maximum absolute atomic E-state index is 2.75. The molecule has 15 aromatic carbocycles. The van der Waals surface area contributed by atoms with Gasteiger partial charge in [-0.1, -0.05) is 299 Å². The first-order valence-electron chi connectivity index (χ1n) is 38.2. The summed E-state index contributed by atoms with van der Waals surface area (Å²) in [7, 11) is 0. The first-order valence-corrected chi connectivity index (χ1v) is 38.2. The second-order valence-corrected chi connectivity index (χ2v) is 32.8. The van der Waals surface area contributed by atoms with Crippen molar-refractivity contribution >= 4 is 123 Å². The van der Waals surface area contributed by atoms with Crippen LogP contribution in [0.15, 0.2) is 334 Å². The standard InChI is InChI=1S/C102H82BN5/c1-100(2,3)69-57-81(65-33-15-10-16-34-65)96(82(58-69)66-35-17-11-18-36-66)107-91-63-73(104-87-47-29-25-43-75(87)76-44-26-30-48-88(76)104)51-55-85(91)103-86-56-52-74(106-90-50-32-28-46-78(90)80-54-53-79-77-45-27-31-49-89(77)105(98(79)99(80)106)72-41-23-14-24-42-72)64-92(86)108(94-62-71(102(7,8)9)61-93(107)95(94)103)97-83(67-37-19-12-20-38-67)59-70(101(4,5)6)60-84(97)68-39-21-13-22-40-68/h10-64H,1-9H3. The summed E-state index contributed by atoms with van der Waals surface area (Å²) in [6, 6.07) is 127. The molecule has 5 heterocycles. The first-order chi connectivity index (χ1) is 52.5. The van der Waals surface area contributed by atoms with Gasteiger partial charge in [-0.3, -0.25) is 0 Å². The van der Waals surface area contributed by atoms with E-state index >= 15 is 0 Å². The lowest BCUT2D eigenvalue weighted by Crippen LogP contribution is -2.61. The van der Waals surface area contributed by atoms with Crippen LogP contribution in [-0.2, 0) is 16.2 Å². The minimum Gasteiger partial charge on any atom is -0.310 e. The van der Waals surface area contributed by atoms with E-state index in [-0.39, 0.29) is 23.0 Å². The van der Waals surface area contributed by atoms with Crippen LogP contribution in [0.2, 0.25) is 0 Å². The Morgan fingerprint density at radius 1 is 0.231 bits per heavy atom. The zero-order chi connectivity index (χ0) is 73.1. The van der Waals surface area contributed by atoms with E-state index in [4.69, 9.17) is 0 Å². The Kier molecular flexibility index (Phi) is 14.7. The van der Waals surface area contributed by atoms with E-state index in [0.29, 0.717) is 0 Å². The predicted octanol–water partition coefficient (Wildman–Crippen LogP) is 25.6. The third-order valence-corrected chi connectivity index (χ3v) is 23.2. The molecular weight excluding hydrogens is 1310 g/mol. The van der Waals surface area contributed by atoms with Gasteiger partial charge in [-0.2, -0.15) is 0 Å². The molecule has 2 aliphatic heterocycles. The zero-order valence-corrected chi connectivity index (χ0v) is 62.6. The number of fused-ring (bicyclic) bond motifs is 14. The van der Waals surface area contributed by atoms with Crippen LogP contribution in [-0.4, -0.2) is 20.4 Å². The Bertz CT molecular complexity index is 6490. The molecule has 18 aromatic rings. The molecule has 0 radical (unpaired) electrons. The minimum absolute atomic E-state index is 0.199. The molecule has 0 saturated carbocycles. The van der Waals surface area contributed by atoms with Crippen LogP contribution in [0.5, 0.6) is 0 Å². The molecule has 3 aromatic heterocycles. The van der Waals surface area contributed by atoms with Crippen LogP contribution in [0.1, 0.15) is 79.0 Å². The highest BCUT2D eigenvalue weighted by atomic mass is 15.2. The van der Waals surface area contributed by atoms with Gasteiger partial charge < -0.3 is 23.5 Å². The number of anilines is 6. The highest BCUT2D eigenvalue weighted by Crippen LogP contribution is 2.56. The van der Waals surface area contributed by atoms with Gasteiger partial charge >= 0.3 is 0 Å². The van der Waals surface area contributed by atoms with Crippen LogP contribution < -0.4 is 26.2 Å². The number of rotatable bonds is 9. The van der Waals surface area contributed by atoms with Crippen molar-refractivity contribution in [1.29, 1.82) is 0 Å². The predicted molar refractivity (Wildman–Crippen MR) is 461 cm³/mol. The Morgan fingerprint density at radius 3 is 0.870 bits per heavy atom. The smallest absolute Gasteiger partial charge is 0.252 e. The van der Waals surface area contributed by atoms with Crippen LogP contribution in [0.4, 0.5) is 34.1 Å². The van der Waals surface area contributed by atoms with E-state index in [9.17, 15) is 0 Å². The normalized spacial score (nSPS) is 13.0. The first kappa shape index (κ1) is 64.9. The number of hydrogen-bond donors (Lipinski definition) is 0. The second-order valence-electron chi connectivity index (χ2n) is 32.8. The average molecular weight is 1390 g/mol. The Morgan fingerprint density at radius 2 is 0.519 bits per heavy atom. The van der Waals surface area contributed by atoms with Gasteiger partial charge in [0, 0.05) is 94.4 Å². The monoisotopic (exact) mass is 1390 g/mol.